The Morgan fingerprint density at radius 2 is 1.64 bits per heavy atom. The quantitative estimate of drug-likeness (QED) is 0.296. The van der Waals surface area contributed by atoms with Crippen LogP contribution in [0, 0.1) is 6.92 Å². The molecule has 0 fully saturated rings. The second-order valence-corrected chi connectivity index (χ2v) is 8.71. The van der Waals surface area contributed by atoms with Gasteiger partial charge in [-0.25, -0.2) is 4.79 Å². The number of hydrogen-bond acceptors (Lipinski definition) is 1. The number of amides is 2. The summed E-state index contributed by atoms with van der Waals surface area (Å²) in [6.45, 7) is 3.76. The van der Waals surface area contributed by atoms with E-state index in [1.807, 2.05) is 48.7 Å². The molecule has 4 rings (SSSR count). The number of carbonyl (C=O) groups is 1. The van der Waals surface area contributed by atoms with Crippen LogP contribution in [0.25, 0.3) is 0 Å². The van der Waals surface area contributed by atoms with Crippen molar-refractivity contribution in [3.63, 3.8) is 0 Å². The molecule has 0 aliphatic rings. The van der Waals surface area contributed by atoms with E-state index in [1.54, 1.807) is 23.1 Å². The van der Waals surface area contributed by atoms with E-state index in [2.05, 4.69) is 41.1 Å². The van der Waals surface area contributed by atoms with Crippen LogP contribution in [0.3, 0.4) is 0 Å². The summed E-state index contributed by atoms with van der Waals surface area (Å²) in [4.78, 5) is 15.1. The normalized spacial score (nSPS) is 10.8. The molecule has 1 N–H and O–H groups in total. The molecule has 0 radical (unpaired) electrons. The highest BCUT2D eigenvalue weighted by Gasteiger charge is 2.18. The van der Waals surface area contributed by atoms with Gasteiger partial charge in [-0.1, -0.05) is 83.9 Å². The predicted octanol–water partition coefficient (Wildman–Crippen LogP) is 7.39. The van der Waals surface area contributed by atoms with Gasteiger partial charge in [0.05, 0.1) is 22.3 Å². The molecule has 3 aromatic carbocycles. The summed E-state index contributed by atoms with van der Waals surface area (Å²) in [6, 6.07) is 27.3. The third kappa shape index (κ3) is 5.78. The van der Waals surface area contributed by atoms with Gasteiger partial charge in [-0.15, -0.1) is 0 Å². The lowest BCUT2D eigenvalue weighted by molar-refractivity contribution is 0.205. The summed E-state index contributed by atoms with van der Waals surface area (Å²) < 4.78 is 2.18. The maximum absolute atomic E-state index is 13.3. The number of benzene rings is 3. The number of aryl methyl sites for hydroxylation is 1. The van der Waals surface area contributed by atoms with Crippen molar-refractivity contribution in [2.45, 2.75) is 26.6 Å². The molecule has 0 atom stereocenters. The van der Waals surface area contributed by atoms with Gasteiger partial charge in [0.2, 0.25) is 0 Å². The molecule has 6 heteroatoms. The molecule has 4 aromatic rings. The first-order valence-electron chi connectivity index (χ1n) is 10.7. The first-order valence-corrected chi connectivity index (χ1v) is 11.5. The Morgan fingerprint density at radius 1 is 0.879 bits per heavy atom. The highest BCUT2D eigenvalue weighted by atomic mass is 35.5. The number of halogens is 2. The van der Waals surface area contributed by atoms with E-state index >= 15 is 0 Å². The summed E-state index contributed by atoms with van der Waals surface area (Å²) in [5.74, 6) is 0. The topological polar surface area (TPSA) is 37.3 Å². The van der Waals surface area contributed by atoms with E-state index in [1.165, 1.54) is 11.1 Å². The number of anilines is 1. The van der Waals surface area contributed by atoms with Crippen LogP contribution in [0.4, 0.5) is 10.5 Å². The summed E-state index contributed by atoms with van der Waals surface area (Å²) in [6.07, 6.45) is 2.05. The lowest BCUT2D eigenvalue weighted by Crippen LogP contribution is -2.34. The molecule has 1 aromatic heterocycles. The Hall–Kier alpha value is -3.21. The molecule has 2 amide bonds. The van der Waals surface area contributed by atoms with E-state index < -0.39 is 0 Å². The van der Waals surface area contributed by atoms with Crippen LogP contribution in [0.1, 0.15) is 22.4 Å². The number of nitrogens with zero attached hydrogens (tertiary/aromatic N) is 2. The molecule has 4 nitrogen and oxygen atoms in total. The Bertz CT molecular complexity index is 1240. The zero-order valence-electron chi connectivity index (χ0n) is 18.3. The first kappa shape index (κ1) is 23.0. The Balaban J connectivity index is 1.58. The predicted molar refractivity (Wildman–Crippen MR) is 136 cm³/mol. The second kappa shape index (κ2) is 10.6. The molecular weight excluding hydrogens is 453 g/mol. The molecular formula is C27H25Cl2N3O. The molecule has 0 saturated carbocycles. The third-order valence-corrected chi connectivity index (χ3v) is 6.39. The van der Waals surface area contributed by atoms with Crippen molar-refractivity contribution in [3.05, 3.63) is 124 Å². The van der Waals surface area contributed by atoms with E-state index in [9.17, 15) is 4.79 Å². The number of aromatic nitrogens is 1. The number of urea groups is 1. The van der Waals surface area contributed by atoms with Gasteiger partial charge in [-0.3, -0.25) is 0 Å². The molecule has 1 heterocycles. The van der Waals surface area contributed by atoms with Gasteiger partial charge in [-0.05, 0) is 47.9 Å². The average molecular weight is 478 g/mol. The number of nitrogens with one attached hydrogen (secondary N) is 1. The molecule has 0 saturated heterocycles. The summed E-state index contributed by atoms with van der Waals surface area (Å²) >= 11 is 12.4. The summed E-state index contributed by atoms with van der Waals surface area (Å²) in [7, 11) is 0. The van der Waals surface area contributed by atoms with Crippen molar-refractivity contribution in [1.29, 1.82) is 0 Å². The zero-order valence-corrected chi connectivity index (χ0v) is 19.9. The molecule has 0 spiro atoms. The Kier molecular flexibility index (Phi) is 7.38. The first-order chi connectivity index (χ1) is 16.0. The van der Waals surface area contributed by atoms with E-state index in [0.717, 1.165) is 17.8 Å². The second-order valence-electron chi connectivity index (χ2n) is 7.93. The van der Waals surface area contributed by atoms with Crippen LogP contribution in [-0.4, -0.2) is 15.5 Å². The van der Waals surface area contributed by atoms with Crippen LogP contribution in [0.5, 0.6) is 0 Å². The summed E-state index contributed by atoms with van der Waals surface area (Å²) in [5.41, 5.74) is 5.07. The highest BCUT2D eigenvalue weighted by molar-refractivity contribution is 6.43. The molecule has 168 valence electrons. The average Bonchev–Trinajstić information content (AvgIpc) is 3.25. The number of carbonyl (C=O) groups excluding carboxylic acids is 1. The molecule has 0 aliphatic carbocycles. The lowest BCUT2D eigenvalue weighted by Gasteiger charge is -2.25. The van der Waals surface area contributed by atoms with Crippen LogP contribution < -0.4 is 5.32 Å². The minimum absolute atomic E-state index is 0.244. The van der Waals surface area contributed by atoms with Gasteiger partial charge in [0.25, 0.3) is 0 Å². The van der Waals surface area contributed by atoms with Gasteiger partial charge in [0, 0.05) is 25.0 Å². The van der Waals surface area contributed by atoms with Gasteiger partial charge in [-0.2, -0.15) is 0 Å². The Morgan fingerprint density at radius 3 is 2.42 bits per heavy atom. The standard InChI is InChI=1S/C27H25Cl2N3O/c1-20-9-5-6-12-22(20)18-31-16-8-13-23(31)19-32(17-21-10-3-2-4-11-21)27(33)30-25-15-7-14-24(28)26(25)29/h2-16H,17-19H2,1H3,(H,30,33). The maximum Gasteiger partial charge on any atom is 0.322 e. The van der Waals surface area contributed by atoms with Crippen molar-refractivity contribution in [1.82, 2.24) is 9.47 Å². The lowest BCUT2D eigenvalue weighted by atomic mass is 10.1. The number of hydrogen-bond donors (Lipinski definition) is 1. The van der Waals surface area contributed by atoms with E-state index in [0.29, 0.717) is 28.8 Å². The van der Waals surface area contributed by atoms with Crippen molar-refractivity contribution in [2.75, 3.05) is 5.32 Å². The van der Waals surface area contributed by atoms with Gasteiger partial charge in [0.1, 0.15) is 0 Å². The van der Waals surface area contributed by atoms with Crippen LogP contribution >= 0.6 is 23.2 Å². The number of rotatable bonds is 7. The smallest absolute Gasteiger partial charge is 0.322 e. The van der Waals surface area contributed by atoms with Crippen LogP contribution in [0.15, 0.2) is 91.1 Å². The monoisotopic (exact) mass is 477 g/mol. The van der Waals surface area contributed by atoms with Crippen molar-refractivity contribution < 1.29 is 4.79 Å². The zero-order chi connectivity index (χ0) is 23.2. The van der Waals surface area contributed by atoms with Gasteiger partial charge in [0.15, 0.2) is 0 Å². The third-order valence-electron chi connectivity index (χ3n) is 5.58. The molecule has 33 heavy (non-hydrogen) atoms. The largest absolute Gasteiger partial charge is 0.345 e. The SMILES string of the molecule is Cc1ccccc1Cn1cccc1CN(Cc1ccccc1)C(=O)Nc1cccc(Cl)c1Cl. The minimum Gasteiger partial charge on any atom is -0.345 e. The molecule has 0 unspecified atom stereocenters. The van der Waals surface area contributed by atoms with Gasteiger partial charge < -0.3 is 14.8 Å². The van der Waals surface area contributed by atoms with E-state index in [-0.39, 0.29) is 6.03 Å². The fraction of sp³-hybridized carbons (Fsp3) is 0.148. The van der Waals surface area contributed by atoms with Crippen molar-refractivity contribution in [3.8, 4) is 0 Å². The molecule has 0 bridgehead atoms. The van der Waals surface area contributed by atoms with Crippen molar-refractivity contribution >= 4 is 34.9 Å². The van der Waals surface area contributed by atoms with Gasteiger partial charge >= 0.3 is 6.03 Å². The van der Waals surface area contributed by atoms with E-state index in [4.69, 9.17) is 23.2 Å². The minimum atomic E-state index is -0.244. The van der Waals surface area contributed by atoms with Crippen LogP contribution in [0.2, 0.25) is 10.0 Å². The molecule has 0 aliphatic heterocycles. The Labute approximate surface area is 204 Å². The maximum atomic E-state index is 13.3. The van der Waals surface area contributed by atoms with Crippen LogP contribution in [-0.2, 0) is 19.6 Å². The van der Waals surface area contributed by atoms with Crippen molar-refractivity contribution in [2.24, 2.45) is 0 Å². The highest BCUT2D eigenvalue weighted by Crippen LogP contribution is 2.30. The fourth-order valence-corrected chi connectivity index (χ4v) is 4.06. The summed E-state index contributed by atoms with van der Waals surface area (Å²) in [5, 5.41) is 3.65. The fourth-order valence-electron chi connectivity index (χ4n) is 3.71.